The number of anilines is 4. The van der Waals surface area contributed by atoms with Gasteiger partial charge in [-0.3, -0.25) is 5.10 Å². The number of halogens is 1. The predicted octanol–water partition coefficient (Wildman–Crippen LogP) is 3.57. The lowest BCUT2D eigenvalue weighted by Gasteiger charge is -2.42. The fourth-order valence-corrected chi connectivity index (χ4v) is 5.36. The summed E-state index contributed by atoms with van der Waals surface area (Å²) in [5, 5.41) is 10.8. The maximum absolute atomic E-state index is 6.71. The first-order valence-corrected chi connectivity index (χ1v) is 11.4. The van der Waals surface area contributed by atoms with Crippen LogP contribution in [0, 0.1) is 5.41 Å². The molecular formula is C23H24ClN9. The van der Waals surface area contributed by atoms with Crippen molar-refractivity contribution >= 4 is 45.9 Å². The van der Waals surface area contributed by atoms with E-state index in [1.165, 1.54) is 11.1 Å². The highest BCUT2D eigenvalue weighted by atomic mass is 35.5. The van der Waals surface area contributed by atoms with Gasteiger partial charge in [-0.05, 0) is 41.9 Å². The van der Waals surface area contributed by atoms with E-state index in [0.29, 0.717) is 27.7 Å². The zero-order chi connectivity index (χ0) is 22.6. The number of fused-ring (bicyclic) bond motifs is 2. The maximum Gasteiger partial charge on any atom is 0.203 e. The van der Waals surface area contributed by atoms with E-state index in [0.717, 1.165) is 38.2 Å². The molecular weight excluding hydrogens is 438 g/mol. The molecule has 0 amide bonds. The van der Waals surface area contributed by atoms with Crippen molar-refractivity contribution in [3.05, 3.63) is 58.9 Å². The number of aromatic amines is 1. The Kier molecular flexibility index (Phi) is 4.63. The third-order valence-corrected chi connectivity index (χ3v) is 7.50. The van der Waals surface area contributed by atoms with Crippen LogP contribution in [-0.4, -0.2) is 38.2 Å². The van der Waals surface area contributed by atoms with E-state index in [1.807, 2.05) is 0 Å². The molecule has 33 heavy (non-hydrogen) atoms. The van der Waals surface area contributed by atoms with Gasteiger partial charge < -0.3 is 21.7 Å². The van der Waals surface area contributed by atoms with Crippen LogP contribution in [0.1, 0.15) is 30.0 Å². The molecule has 1 aliphatic carbocycles. The molecule has 168 valence electrons. The molecule has 3 aromatic heterocycles. The second-order valence-electron chi connectivity index (χ2n) is 8.88. The summed E-state index contributed by atoms with van der Waals surface area (Å²) in [6.45, 7) is 1.78. The van der Waals surface area contributed by atoms with E-state index in [-0.39, 0.29) is 17.3 Å². The number of hydrogen-bond donors (Lipinski definition) is 4. The first-order chi connectivity index (χ1) is 16.0. The normalized spacial score (nSPS) is 19.2. The second-order valence-corrected chi connectivity index (χ2v) is 9.26. The van der Waals surface area contributed by atoms with Crippen LogP contribution in [0.5, 0.6) is 0 Å². The number of benzene rings is 1. The lowest BCUT2D eigenvalue weighted by atomic mass is 9.73. The van der Waals surface area contributed by atoms with Gasteiger partial charge in [-0.15, -0.1) is 0 Å². The Balaban J connectivity index is 1.20. The second kappa shape index (κ2) is 7.57. The lowest BCUT2D eigenvalue weighted by molar-refractivity contribution is 0.187. The number of nitrogens with two attached hydrogens (primary N) is 2. The van der Waals surface area contributed by atoms with E-state index < -0.39 is 0 Å². The Morgan fingerprint density at radius 1 is 1.15 bits per heavy atom. The molecule has 2 aliphatic rings. The van der Waals surface area contributed by atoms with E-state index in [4.69, 9.17) is 28.1 Å². The summed E-state index contributed by atoms with van der Waals surface area (Å²) in [6.07, 6.45) is 6.49. The molecule has 1 spiro atoms. The molecule has 0 radical (unpaired) electrons. The molecule has 1 saturated heterocycles. The van der Waals surface area contributed by atoms with Gasteiger partial charge in [0.15, 0.2) is 11.3 Å². The molecule has 1 atom stereocenters. The van der Waals surface area contributed by atoms with Gasteiger partial charge in [-0.25, -0.2) is 15.0 Å². The van der Waals surface area contributed by atoms with Crippen molar-refractivity contribution in [2.45, 2.75) is 25.3 Å². The van der Waals surface area contributed by atoms with Gasteiger partial charge in [0.1, 0.15) is 16.7 Å². The number of rotatable bonds is 3. The first kappa shape index (κ1) is 20.2. The summed E-state index contributed by atoms with van der Waals surface area (Å²) in [6, 6.07) is 10.4. The molecule has 1 fully saturated rings. The van der Waals surface area contributed by atoms with Crippen molar-refractivity contribution < 1.29 is 0 Å². The van der Waals surface area contributed by atoms with Crippen LogP contribution in [0.25, 0.3) is 11.2 Å². The van der Waals surface area contributed by atoms with Gasteiger partial charge >= 0.3 is 0 Å². The topological polar surface area (TPSA) is 135 Å². The minimum atomic E-state index is 0.0958. The third kappa shape index (κ3) is 3.27. The van der Waals surface area contributed by atoms with Crippen molar-refractivity contribution in [2.75, 3.05) is 29.0 Å². The summed E-state index contributed by atoms with van der Waals surface area (Å²) in [5.74, 6) is 1.68. The Hall–Kier alpha value is -3.43. The van der Waals surface area contributed by atoms with Gasteiger partial charge in [0.05, 0.1) is 11.9 Å². The molecule has 6 N–H and O–H groups in total. The quantitative estimate of drug-likeness (QED) is 0.363. The van der Waals surface area contributed by atoms with Crippen LogP contribution in [-0.2, 0) is 6.42 Å². The standard InChI is InChI=1S/C23H24ClN9/c24-17-15(5-8-27-20(17)26)29-21-18-22(32-31-21)30-16(12-28-18)33-9-6-23(7-10-33)11-13-3-1-2-4-14(13)19(23)25/h1-5,8,12,19H,6-7,9-11,25H2,(H4,26,27,29,30,31,32). The number of nitrogen functional groups attached to an aromatic ring is 1. The van der Waals surface area contributed by atoms with Gasteiger partial charge in [-0.1, -0.05) is 35.9 Å². The minimum Gasteiger partial charge on any atom is -0.382 e. The highest BCUT2D eigenvalue weighted by molar-refractivity contribution is 6.35. The number of H-pyrrole nitrogens is 1. The molecule has 1 aromatic carbocycles. The Morgan fingerprint density at radius 3 is 2.79 bits per heavy atom. The van der Waals surface area contributed by atoms with Crippen LogP contribution in [0.4, 0.5) is 23.1 Å². The minimum absolute atomic E-state index is 0.0958. The van der Waals surface area contributed by atoms with Crippen molar-refractivity contribution in [2.24, 2.45) is 11.1 Å². The largest absolute Gasteiger partial charge is 0.382 e. The molecule has 0 bridgehead atoms. The summed E-state index contributed by atoms with van der Waals surface area (Å²) < 4.78 is 0. The fourth-order valence-electron chi connectivity index (χ4n) is 5.20. The predicted molar refractivity (Wildman–Crippen MR) is 130 cm³/mol. The molecule has 10 heteroatoms. The average Bonchev–Trinajstić information content (AvgIpc) is 3.36. The van der Waals surface area contributed by atoms with Gasteiger partial charge in [0.2, 0.25) is 5.65 Å². The Morgan fingerprint density at radius 2 is 1.97 bits per heavy atom. The van der Waals surface area contributed by atoms with Crippen LogP contribution >= 0.6 is 11.6 Å². The van der Waals surface area contributed by atoms with Gasteiger partial charge in [0.25, 0.3) is 0 Å². The lowest BCUT2D eigenvalue weighted by Crippen LogP contribution is -2.44. The highest BCUT2D eigenvalue weighted by Gasteiger charge is 2.45. The van der Waals surface area contributed by atoms with Crippen molar-refractivity contribution in [3.8, 4) is 0 Å². The smallest absolute Gasteiger partial charge is 0.203 e. The number of nitrogens with one attached hydrogen (secondary N) is 2. The Labute approximate surface area is 195 Å². The van der Waals surface area contributed by atoms with Crippen LogP contribution < -0.4 is 21.7 Å². The molecule has 4 aromatic rings. The van der Waals surface area contributed by atoms with E-state index in [9.17, 15) is 0 Å². The highest BCUT2D eigenvalue weighted by Crippen LogP contribution is 2.50. The molecule has 9 nitrogen and oxygen atoms in total. The SMILES string of the molecule is Nc1nccc(Nc2[nH]nc3nc(N4CCC5(CC4)Cc4ccccc4C5N)cnc23)c1Cl. The summed E-state index contributed by atoms with van der Waals surface area (Å²) >= 11 is 6.24. The van der Waals surface area contributed by atoms with Gasteiger partial charge in [0, 0.05) is 25.3 Å². The van der Waals surface area contributed by atoms with Gasteiger partial charge in [-0.2, -0.15) is 5.10 Å². The van der Waals surface area contributed by atoms with E-state index >= 15 is 0 Å². The first-order valence-electron chi connectivity index (χ1n) is 11.0. The number of piperidine rings is 1. The summed E-state index contributed by atoms with van der Waals surface area (Å²) in [5.41, 5.74) is 17.1. The van der Waals surface area contributed by atoms with Crippen LogP contribution in [0.2, 0.25) is 5.02 Å². The molecule has 1 aliphatic heterocycles. The fraction of sp³-hybridized carbons (Fsp3) is 0.304. The van der Waals surface area contributed by atoms with Crippen LogP contribution in [0.3, 0.4) is 0 Å². The Bertz CT molecular complexity index is 1340. The molecule has 0 saturated carbocycles. The maximum atomic E-state index is 6.71. The zero-order valence-corrected chi connectivity index (χ0v) is 18.7. The third-order valence-electron chi connectivity index (χ3n) is 7.10. The average molecular weight is 462 g/mol. The summed E-state index contributed by atoms with van der Waals surface area (Å²) in [4.78, 5) is 15.6. The number of hydrogen-bond acceptors (Lipinski definition) is 8. The van der Waals surface area contributed by atoms with E-state index in [2.05, 4.69) is 54.6 Å². The number of aromatic nitrogens is 5. The zero-order valence-electron chi connectivity index (χ0n) is 17.9. The monoisotopic (exact) mass is 461 g/mol. The van der Waals surface area contributed by atoms with Crippen molar-refractivity contribution in [1.82, 2.24) is 25.1 Å². The number of pyridine rings is 1. The van der Waals surface area contributed by atoms with Crippen LogP contribution in [0.15, 0.2) is 42.7 Å². The van der Waals surface area contributed by atoms with E-state index in [1.54, 1.807) is 18.5 Å². The molecule has 4 heterocycles. The molecule has 6 rings (SSSR count). The van der Waals surface area contributed by atoms with Crippen molar-refractivity contribution in [1.29, 1.82) is 0 Å². The van der Waals surface area contributed by atoms with Crippen molar-refractivity contribution in [3.63, 3.8) is 0 Å². The molecule has 1 unspecified atom stereocenters. The summed E-state index contributed by atoms with van der Waals surface area (Å²) in [7, 11) is 0. The number of nitrogens with zero attached hydrogens (tertiary/aromatic N) is 5.